The molecule has 10 nitrogen and oxygen atoms in total. The molecule has 2 aromatic carbocycles. The Hall–Kier alpha value is -3.87. The number of aromatic nitrogens is 2. The van der Waals surface area contributed by atoms with Crippen LogP contribution in [-0.4, -0.2) is 74.9 Å². The van der Waals surface area contributed by atoms with E-state index in [1.807, 2.05) is 60.6 Å². The number of ether oxygens (including phenoxy) is 2. The maximum absolute atomic E-state index is 14.9. The summed E-state index contributed by atoms with van der Waals surface area (Å²) in [4.78, 5) is 31.3. The minimum atomic E-state index is -1.28. The first kappa shape index (κ1) is 35.6. The largest absolute Gasteiger partial charge is 0.480 e. The number of carboxylic acids is 1. The van der Waals surface area contributed by atoms with Gasteiger partial charge in [0.2, 0.25) is 0 Å². The summed E-state index contributed by atoms with van der Waals surface area (Å²) in [6.07, 6.45) is 0.801. The van der Waals surface area contributed by atoms with Crippen LogP contribution in [0.1, 0.15) is 65.4 Å². The summed E-state index contributed by atoms with van der Waals surface area (Å²) in [6, 6.07) is 11.0. The minimum Gasteiger partial charge on any atom is -0.480 e. The number of carboxylic acid groups (broad SMARTS) is 1. The van der Waals surface area contributed by atoms with E-state index in [-0.39, 0.29) is 44.2 Å². The Labute approximate surface area is 263 Å². The van der Waals surface area contributed by atoms with Gasteiger partial charge in [0.15, 0.2) is 0 Å². The first-order valence-corrected chi connectivity index (χ1v) is 14.8. The molecule has 0 spiro atoms. The lowest BCUT2D eigenvalue weighted by molar-refractivity contribution is -0.140. The summed E-state index contributed by atoms with van der Waals surface area (Å²) in [5.41, 5.74) is -0.170. The van der Waals surface area contributed by atoms with Crippen LogP contribution in [0.25, 0.3) is 11.3 Å². The number of imidazole rings is 1. The maximum atomic E-state index is 14.9. The predicted octanol–water partition coefficient (Wildman–Crippen LogP) is 5.60. The molecule has 3 aromatic rings. The van der Waals surface area contributed by atoms with Gasteiger partial charge in [0, 0.05) is 24.8 Å². The van der Waals surface area contributed by atoms with Crippen molar-refractivity contribution in [3.63, 3.8) is 0 Å². The molecule has 0 radical (unpaired) electrons. The summed E-state index contributed by atoms with van der Waals surface area (Å²) >= 11 is 0. The van der Waals surface area contributed by atoms with Crippen LogP contribution in [-0.2, 0) is 20.8 Å². The Kier molecular flexibility index (Phi) is 12.2. The third-order valence-electron chi connectivity index (χ3n) is 6.82. The molecule has 0 saturated carbocycles. The molecule has 3 rings (SSSR count). The highest BCUT2D eigenvalue weighted by Crippen LogP contribution is 2.39. The van der Waals surface area contributed by atoms with Gasteiger partial charge in [-0.1, -0.05) is 51.1 Å². The van der Waals surface area contributed by atoms with E-state index in [1.54, 1.807) is 27.0 Å². The molecule has 1 amide bonds. The van der Waals surface area contributed by atoms with E-state index >= 15 is 0 Å². The molecule has 0 bridgehead atoms. The van der Waals surface area contributed by atoms with Crippen molar-refractivity contribution in [3.05, 3.63) is 77.8 Å². The standard InChI is InChI=1S/C33H44F2N4O6/c1-32(2,3)28(38(21-44-17-16-40)15-14-26(30(41)42)37-31(43)45-33(4,5)6)29-36-27(24-18-23(34)12-13-25(24)35)20-39(29)19-22-10-8-7-9-11-22/h7-13,18,20,26,28,40H,14-17,19,21H2,1-6H3,(H,37,43)(H,41,42)/t26-,28-/m0/s1. The fourth-order valence-corrected chi connectivity index (χ4v) is 4.99. The minimum absolute atomic E-state index is 0.00584. The van der Waals surface area contributed by atoms with Gasteiger partial charge in [-0.3, -0.25) is 4.90 Å². The summed E-state index contributed by atoms with van der Waals surface area (Å²) in [7, 11) is 0. The number of halogens is 2. The molecule has 2 atom stereocenters. The van der Waals surface area contributed by atoms with Gasteiger partial charge < -0.3 is 29.6 Å². The van der Waals surface area contributed by atoms with Crippen molar-refractivity contribution in [2.75, 3.05) is 26.5 Å². The van der Waals surface area contributed by atoms with Crippen LogP contribution in [0.5, 0.6) is 0 Å². The molecule has 0 aliphatic carbocycles. The van der Waals surface area contributed by atoms with Crippen LogP contribution in [0.15, 0.2) is 54.7 Å². The molecule has 246 valence electrons. The zero-order valence-corrected chi connectivity index (χ0v) is 26.7. The van der Waals surface area contributed by atoms with E-state index in [1.165, 1.54) is 0 Å². The number of benzene rings is 2. The van der Waals surface area contributed by atoms with E-state index in [9.17, 15) is 28.6 Å². The highest BCUT2D eigenvalue weighted by molar-refractivity contribution is 5.80. The Balaban J connectivity index is 2.07. The van der Waals surface area contributed by atoms with E-state index in [0.717, 1.165) is 23.8 Å². The van der Waals surface area contributed by atoms with Crippen LogP contribution in [0.2, 0.25) is 0 Å². The lowest BCUT2D eigenvalue weighted by atomic mass is 9.84. The first-order chi connectivity index (χ1) is 21.1. The molecule has 3 N–H and O–H groups in total. The zero-order chi connectivity index (χ0) is 33.4. The van der Waals surface area contributed by atoms with E-state index in [4.69, 9.17) is 14.5 Å². The lowest BCUT2D eigenvalue weighted by Crippen LogP contribution is -2.47. The molecule has 0 saturated heterocycles. The van der Waals surface area contributed by atoms with Crippen LogP contribution in [0.4, 0.5) is 13.6 Å². The van der Waals surface area contributed by atoms with Crippen molar-refractivity contribution in [1.82, 2.24) is 19.8 Å². The normalized spacial score (nSPS) is 13.5. The molecular formula is C33H44F2N4O6. The molecule has 45 heavy (non-hydrogen) atoms. The number of rotatable bonds is 14. The van der Waals surface area contributed by atoms with Crippen molar-refractivity contribution in [1.29, 1.82) is 0 Å². The van der Waals surface area contributed by atoms with E-state index < -0.39 is 46.8 Å². The number of amides is 1. The van der Waals surface area contributed by atoms with Crippen molar-refractivity contribution < 1.29 is 38.1 Å². The molecule has 1 aromatic heterocycles. The van der Waals surface area contributed by atoms with Gasteiger partial charge in [-0.15, -0.1) is 0 Å². The number of aliphatic hydroxyl groups is 1. The number of nitrogens with one attached hydrogen (secondary N) is 1. The smallest absolute Gasteiger partial charge is 0.408 e. The molecule has 0 unspecified atom stereocenters. The fraction of sp³-hybridized carbons (Fsp3) is 0.485. The second-order valence-corrected chi connectivity index (χ2v) is 12.9. The van der Waals surface area contributed by atoms with Crippen molar-refractivity contribution in [2.45, 2.75) is 72.2 Å². The van der Waals surface area contributed by atoms with Gasteiger partial charge in [0.25, 0.3) is 0 Å². The van der Waals surface area contributed by atoms with Gasteiger partial charge in [-0.2, -0.15) is 0 Å². The number of nitrogens with zero attached hydrogens (tertiary/aromatic N) is 3. The molecule has 0 fully saturated rings. The predicted molar refractivity (Wildman–Crippen MR) is 165 cm³/mol. The average Bonchev–Trinajstić information content (AvgIpc) is 3.33. The number of alkyl carbamates (subject to hydrolysis) is 1. The monoisotopic (exact) mass is 630 g/mol. The highest BCUT2D eigenvalue weighted by Gasteiger charge is 2.37. The van der Waals surface area contributed by atoms with Crippen molar-refractivity contribution in [3.8, 4) is 11.3 Å². The Bertz CT molecular complexity index is 1420. The van der Waals surface area contributed by atoms with E-state index in [0.29, 0.717) is 12.4 Å². The van der Waals surface area contributed by atoms with Crippen LogP contribution in [0.3, 0.4) is 0 Å². The van der Waals surface area contributed by atoms with Gasteiger partial charge in [-0.05, 0) is 56.4 Å². The molecule has 0 aliphatic rings. The van der Waals surface area contributed by atoms with Crippen molar-refractivity contribution in [2.24, 2.45) is 5.41 Å². The number of hydrogen-bond acceptors (Lipinski definition) is 7. The van der Waals surface area contributed by atoms with Crippen LogP contribution >= 0.6 is 0 Å². The quantitative estimate of drug-likeness (QED) is 0.155. The molecule has 1 heterocycles. The second kappa shape index (κ2) is 15.4. The highest BCUT2D eigenvalue weighted by atomic mass is 19.1. The fourth-order valence-electron chi connectivity index (χ4n) is 4.99. The van der Waals surface area contributed by atoms with Crippen molar-refractivity contribution >= 4 is 12.1 Å². The Morgan fingerprint density at radius 1 is 1.07 bits per heavy atom. The topological polar surface area (TPSA) is 126 Å². The van der Waals surface area contributed by atoms with Gasteiger partial charge in [0.05, 0.1) is 31.7 Å². The van der Waals surface area contributed by atoms with Gasteiger partial charge >= 0.3 is 12.1 Å². The summed E-state index contributed by atoms with van der Waals surface area (Å²) in [5.74, 6) is -1.95. The van der Waals surface area contributed by atoms with Crippen LogP contribution < -0.4 is 5.32 Å². The number of aliphatic hydroxyl groups excluding tert-OH is 1. The Morgan fingerprint density at radius 3 is 2.36 bits per heavy atom. The molecule has 0 aliphatic heterocycles. The van der Waals surface area contributed by atoms with E-state index in [2.05, 4.69) is 5.32 Å². The third kappa shape index (κ3) is 10.6. The lowest BCUT2D eigenvalue weighted by Gasteiger charge is -2.40. The third-order valence-corrected chi connectivity index (χ3v) is 6.82. The van der Waals surface area contributed by atoms with Crippen LogP contribution in [0, 0.1) is 17.0 Å². The maximum Gasteiger partial charge on any atom is 0.408 e. The molecular weight excluding hydrogens is 586 g/mol. The first-order valence-electron chi connectivity index (χ1n) is 14.8. The number of aliphatic carboxylic acids is 1. The average molecular weight is 631 g/mol. The summed E-state index contributed by atoms with van der Waals surface area (Å²) < 4.78 is 42.0. The number of carbonyl (C=O) groups is 2. The summed E-state index contributed by atoms with van der Waals surface area (Å²) in [6.45, 7) is 11.3. The summed E-state index contributed by atoms with van der Waals surface area (Å²) in [5, 5.41) is 21.7. The number of hydrogen-bond donors (Lipinski definition) is 3. The Morgan fingerprint density at radius 2 is 1.76 bits per heavy atom. The SMILES string of the molecule is CC(C)(C)OC(=O)N[C@@H](CCN(COCCO)[C@@H](c1nc(-c2cc(F)ccc2F)cn1Cc1ccccc1)C(C)(C)C)C(=O)O. The second-order valence-electron chi connectivity index (χ2n) is 12.9. The van der Waals surface area contributed by atoms with Gasteiger partial charge in [0.1, 0.15) is 29.1 Å². The molecule has 12 heteroatoms. The zero-order valence-electron chi connectivity index (χ0n) is 26.7. The van der Waals surface area contributed by atoms with Gasteiger partial charge in [-0.25, -0.2) is 23.4 Å². The number of carbonyl (C=O) groups excluding carboxylic acids is 1.